The number of pyridine rings is 1. The summed E-state index contributed by atoms with van der Waals surface area (Å²) < 4.78 is 77.8. The van der Waals surface area contributed by atoms with Gasteiger partial charge in [0.25, 0.3) is 5.91 Å². The van der Waals surface area contributed by atoms with Crippen LogP contribution in [0.3, 0.4) is 0 Å². The molecule has 0 aliphatic carbocycles. The zero-order chi connectivity index (χ0) is 23.8. The van der Waals surface area contributed by atoms with Crippen LogP contribution >= 0.6 is 0 Å². The number of anilines is 3. The fourth-order valence-corrected chi connectivity index (χ4v) is 3.18. The van der Waals surface area contributed by atoms with E-state index in [4.69, 9.17) is 0 Å². The molecule has 0 spiro atoms. The lowest BCUT2D eigenvalue weighted by Gasteiger charge is -2.14. The molecule has 2 aromatic carbocycles. The van der Waals surface area contributed by atoms with Gasteiger partial charge >= 0.3 is 12.4 Å². The van der Waals surface area contributed by atoms with Crippen molar-refractivity contribution in [1.29, 1.82) is 0 Å². The molecular formula is C22H14F6N4O. The number of hydrogen-bond donors (Lipinski definition) is 3. The topological polar surface area (TPSA) is 69.8 Å². The first-order chi connectivity index (χ1) is 15.5. The van der Waals surface area contributed by atoms with Crippen molar-refractivity contribution in [2.75, 3.05) is 10.6 Å². The van der Waals surface area contributed by atoms with Crippen LogP contribution in [0.15, 0.2) is 66.9 Å². The number of fused-ring (bicyclic) bond motifs is 1. The number of nitrogens with zero attached hydrogens (tertiary/aromatic N) is 1. The van der Waals surface area contributed by atoms with Gasteiger partial charge in [-0.3, -0.25) is 4.79 Å². The van der Waals surface area contributed by atoms with Crippen LogP contribution in [-0.2, 0) is 12.4 Å². The molecular weight excluding hydrogens is 450 g/mol. The largest absolute Gasteiger partial charge is 0.433 e. The van der Waals surface area contributed by atoms with Crippen LogP contribution in [0.5, 0.6) is 0 Å². The minimum atomic E-state index is -5.05. The van der Waals surface area contributed by atoms with Crippen molar-refractivity contribution in [3.63, 3.8) is 0 Å². The van der Waals surface area contributed by atoms with Gasteiger partial charge in [0.2, 0.25) is 0 Å². The Morgan fingerprint density at radius 1 is 0.788 bits per heavy atom. The van der Waals surface area contributed by atoms with Gasteiger partial charge in [-0.05, 0) is 54.6 Å². The Hall–Kier alpha value is -4.02. The molecule has 0 bridgehead atoms. The maximum absolute atomic E-state index is 13.0. The predicted molar refractivity (Wildman–Crippen MR) is 110 cm³/mol. The summed E-state index contributed by atoms with van der Waals surface area (Å²) in [6.45, 7) is 0. The molecule has 0 aliphatic heterocycles. The molecule has 3 N–H and O–H groups in total. The SMILES string of the molecule is O=C(Nc1ccc(Nc2cc(C(F)(F)F)nc(C(F)(F)F)c2)cc1)c1cccc2[nH]ccc12. The Labute approximate surface area is 182 Å². The van der Waals surface area contributed by atoms with Crippen molar-refractivity contribution in [2.24, 2.45) is 0 Å². The molecule has 33 heavy (non-hydrogen) atoms. The Morgan fingerprint density at radius 2 is 1.39 bits per heavy atom. The summed E-state index contributed by atoms with van der Waals surface area (Å²) in [5, 5.41) is 5.93. The molecule has 4 rings (SSSR count). The quantitative estimate of drug-likeness (QED) is 0.298. The van der Waals surface area contributed by atoms with Gasteiger partial charge in [0, 0.05) is 39.7 Å². The normalized spacial score (nSPS) is 12.1. The molecule has 0 saturated heterocycles. The molecule has 0 saturated carbocycles. The summed E-state index contributed by atoms with van der Waals surface area (Å²) >= 11 is 0. The fraction of sp³-hybridized carbons (Fsp3) is 0.0909. The maximum atomic E-state index is 13.0. The minimum absolute atomic E-state index is 0.216. The first-order valence-corrected chi connectivity index (χ1v) is 9.42. The van der Waals surface area contributed by atoms with E-state index < -0.39 is 29.4 Å². The van der Waals surface area contributed by atoms with Crippen molar-refractivity contribution in [1.82, 2.24) is 9.97 Å². The average Bonchev–Trinajstić information content (AvgIpc) is 3.22. The summed E-state index contributed by atoms with van der Waals surface area (Å²) in [7, 11) is 0. The van der Waals surface area contributed by atoms with Gasteiger partial charge in [0.05, 0.1) is 0 Å². The van der Waals surface area contributed by atoms with E-state index in [-0.39, 0.29) is 11.6 Å². The molecule has 170 valence electrons. The third-order valence-corrected chi connectivity index (χ3v) is 4.68. The molecule has 2 aromatic heterocycles. The van der Waals surface area contributed by atoms with E-state index in [9.17, 15) is 31.1 Å². The van der Waals surface area contributed by atoms with Crippen LogP contribution in [0, 0.1) is 0 Å². The van der Waals surface area contributed by atoms with Crippen LogP contribution < -0.4 is 10.6 Å². The molecule has 5 nitrogen and oxygen atoms in total. The van der Waals surface area contributed by atoms with Crippen molar-refractivity contribution in [3.8, 4) is 0 Å². The molecule has 1 amide bonds. The number of carbonyl (C=O) groups is 1. The fourth-order valence-electron chi connectivity index (χ4n) is 3.18. The second-order valence-electron chi connectivity index (χ2n) is 7.02. The summed E-state index contributed by atoms with van der Waals surface area (Å²) in [4.78, 5) is 18.3. The van der Waals surface area contributed by atoms with Crippen LogP contribution in [0.4, 0.5) is 43.4 Å². The number of rotatable bonds is 4. The highest BCUT2D eigenvalue weighted by Gasteiger charge is 2.38. The van der Waals surface area contributed by atoms with Crippen LogP contribution in [0.25, 0.3) is 10.9 Å². The highest BCUT2D eigenvalue weighted by molar-refractivity contribution is 6.12. The number of H-pyrrole nitrogens is 1. The number of alkyl halides is 6. The third kappa shape index (κ3) is 4.92. The van der Waals surface area contributed by atoms with Gasteiger partial charge < -0.3 is 15.6 Å². The lowest BCUT2D eigenvalue weighted by Crippen LogP contribution is -2.15. The Balaban J connectivity index is 1.53. The molecule has 0 fully saturated rings. The third-order valence-electron chi connectivity index (χ3n) is 4.68. The first kappa shape index (κ1) is 22.2. The van der Waals surface area contributed by atoms with Gasteiger partial charge in [-0.15, -0.1) is 0 Å². The lowest BCUT2D eigenvalue weighted by atomic mass is 10.1. The van der Waals surface area contributed by atoms with E-state index in [0.29, 0.717) is 23.4 Å². The number of carbonyl (C=O) groups excluding carboxylic acids is 1. The molecule has 0 atom stereocenters. The summed E-state index contributed by atoms with van der Waals surface area (Å²) in [6, 6.07) is 13.7. The van der Waals surface area contributed by atoms with Crippen molar-refractivity contribution in [2.45, 2.75) is 12.4 Å². The second-order valence-corrected chi connectivity index (χ2v) is 7.02. The van der Waals surface area contributed by atoms with E-state index in [1.165, 1.54) is 24.3 Å². The number of nitrogens with one attached hydrogen (secondary N) is 3. The summed E-state index contributed by atoms with van der Waals surface area (Å²) in [6.07, 6.45) is -8.39. The van der Waals surface area contributed by atoms with Gasteiger partial charge in [-0.2, -0.15) is 26.3 Å². The zero-order valence-corrected chi connectivity index (χ0v) is 16.5. The number of amides is 1. The van der Waals surface area contributed by atoms with Gasteiger partial charge in [-0.25, -0.2) is 4.98 Å². The number of aromatic nitrogens is 2. The predicted octanol–water partition coefficient (Wildman–Crippen LogP) is 6.60. The summed E-state index contributed by atoms with van der Waals surface area (Å²) in [5.41, 5.74) is -1.93. The average molecular weight is 464 g/mol. The Bertz CT molecular complexity index is 1280. The highest BCUT2D eigenvalue weighted by atomic mass is 19.4. The minimum Gasteiger partial charge on any atom is -0.361 e. The highest BCUT2D eigenvalue weighted by Crippen LogP contribution is 2.35. The van der Waals surface area contributed by atoms with Crippen LogP contribution in [0.1, 0.15) is 21.7 Å². The van der Waals surface area contributed by atoms with E-state index in [1.54, 1.807) is 24.4 Å². The smallest absolute Gasteiger partial charge is 0.361 e. The lowest BCUT2D eigenvalue weighted by molar-refractivity contribution is -0.150. The van der Waals surface area contributed by atoms with E-state index in [0.717, 1.165) is 10.9 Å². The number of hydrogen-bond acceptors (Lipinski definition) is 3. The Morgan fingerprint density at radius 3 is 2.00 bits per heavy atom. The molecule has 0 unspecified atom stereocenters. The Kier molecular flexibility index (Phi) is 5.48. The molecule has 2 heterocycles. The van der Waals surface area contributed by atoms with Crippen molar-refractivity contribution >= 4 is 33.9 Å². The van der Waals surface area contributed by atoms with Crippen molar-refractivity contribution < 1.29 is 31.1 Å². The molecule has 0 aliphatic rings. The van der Waals surface area contributed by atoms with E-state index in [2.05, 4.69) is 20.6 Å². The van der Waals surface area contributed by atoms with Crippen LogP contribution in [-0.4, -0.2) is 15.9 Å². The first-order valence-electron chi connectivity index (χ1n) is 9.42. The number of halogens is 6. The van der Waals surface area contributed by atoms with Crippen LogP contribution in [0.2, 0.25) is 0 Å². The van der Waals surface area contributed by atoms with Gasteiger partial charge in [0.1, 0.15) is 11.4 Å². The molecule has 4 aromatic rings. The second kappa shape index (κ2) is 8.15. The maximum Gasteiger partial charge on any atom is 0.433 e. The van der Waals surface area contributed by atoms with Crippen molar-refractivity contribution in [3.05, 3.63) is 83.8 Å². The van der Waals surface area contributed by atoms with Gasteiger partial charge in [-0.1, -0.05) is 6.07 Å². The zero-order valence-electron chi connectivity index (χ0n) is 16.5. The molecule has 0 radical (unpaired) electrons. The monoisotopic (exact) mass is 464 g/mol. The molecule has 11 heteroatoms. The standard InChI is InChI=1S/C22H14F6N4O/c23-21(24,25)18-10-14(11-19(32-18)22(26,27)28)30-12-4-6-13(7-5-12)31-20(33)16-2-1-3-17-15(16)8-9-29-17/h1-11,29H,(H,30,32)(H,31,33). The van der Waals surface area contributed by atoms with E-state index in [1.807, 2.05) is 6.07 Å². The van der Waals surface area contributed by atoms with E-state index >= 15 is 0 Å². The number of benzene rings is 2. The number of aromatic amines is 1. The summed E-state index contributed by atoms with van der Waals surface area (Å²) in [5.74, 6) is -0.375. The van der Waals surface area contributed by atoms with Gasteiger partial charge in [0.15, 0.2) is 0 Å².